The average molecular weight is 804 g/mol. The Morgan fingerprint density at radius 1 is 0.435 bits per heavy atom. The van der Waals surface area contributed by atoms with E-state index >= 15 is 0 Å². The molecule has 62 heavy (non-hydrogen) atoms. The van der Waals surface area contributed by atoms with Crippen LogP contribution in [-0.2, 0) is 16.2 Å². The van der Waals surface area contributed by atoms with Crippen molar-refractivity contribution in [3.8, 4) is 33.4 Å². The second-order valence-electron chi connectivity index (χ2n) is 18.1. The summed E-state index contributed by atoms with van der Waals surface area (Å²) in [7, 11) is 0. The van der Waals surface area contributed by atoms with Gasteiger partial charge in [0.2, 0.25) is 0 Å². The van der Waals surface area contributed by atoms with Gasteiger partial charge in [0.25, 0.3) is 0 Å². The Kier molecular flexibility index (Phi) is 7.21. The van der Waals surface area contributed by atoms with Crippen LogP contribution in [0.4, 0.5) is 17.1 Å². The standard InChI is InChI=1S/C61H51N/c1-40-27-29-42(30-28-40)61(55-25-14-12-22-49(55)50-23-13-15-26-56(50)61)44-19-16-20-45(37-44)62(58-36-34-47(41-17-8-7-9-18-41)48-21-10-11-24-52(48)58)46-32-33-51-53-38-43(59(2,3)4)31-35-54(53)60(5,6)57(51)39-46/h7-39H,1-6H3/i5D3,6D3. The first-order chi connectivity index (χ1) is 32.5. The summed E-state index contributed by atoms with van der Waals surface area (Å²) in [6, 6.07) is 69.6. The van der Waals surface area contributed by atoms with Gasteiger partial charge in [-0.3, -0.25) is 0 Å². The van der Waals surface area contributed by atoms with Gasteiger partial charge in [-0.25, -0.2) is 0 Å². The molecule has 0 saturated carbocycles. The van der Waals surface area contributed by atoms with Gasteiger partial charge in [0.1, 0.15) is 0 Å². The Balaban J connectivity index is 1.22. The molecule has 0 saturated heterocycles. The van der Waals surface area contributed by atoms with Crippen LogP contribution in [-0.4, -0.2) is 0 Å². The third-order valence-corrected chi connectivity index (χ3v) is 13.4. The highest BCUT2D eigenvalue weighted by Gasteiger charge is 2.46. The molecule has 2 aliphatic carbocycles. The highest BCUT2D eigenvalue weighted by molar-refractivity contribution is 6.06. The Morgan fingerprint density at radius 2 is 1.06 bits per heavy atom. The predicted molar refractivity (Wildman–Crippen MR) is 262 cm³/mol. The second kappa shape index (κ2) is 14.0. The molecular formula is C61H51N. The van der Waals surface area contributed by atoms with Gasteiger partial charge in [0, 0.05) is 30.4 Å². The molecule has 0 heterocycles. The van der Waals surface area contributed by atoms with Crippen LogP contribution in [0.5, 0.6) is 0 Å². The van der Waals surface area contributed by atoms with Crippen LogP contribution in [0.3, 0.4) is 0 Å². The summed E-state index contributed by atoms with van der Waals surface area (Å²) in [6.45, 7) is 2.58. The lowest BCUT2D eigenvalue weighted by Gasteiger charge is -2.35. The van der Waals surface area contributed by atoms with Crippen LogP contribution in [0.2, 0.25) is 0 Å². The van der Waals surface area contributed by atoms with E-state index < -0.39 is 24.5 Å². The molecule has 0 unspecified atom stereocenters. The SMILES string of the molecule is [2H]C([2H])([2H])C1(C([2H])([2H])[2H])c2ccc(C(C)(C)C)cc2-c2ccc(N(c3cccc(C4(c5ccc(C)cc5)c5ccccc5-c5ccccc54)c3)c3ccc(-c4ccccc4)c4ccccc34)cc21. The van der Waals surface area contributed by atoms with E-state index in [0.717, 1.165) is 50.0 Å². The number of nitrogens with zero attached hydrogens (tertiary/aromatic N) is 1. The molecule has 9 aromatic rings. The monoisotopic (exact) mass is 803 g/mol. The molecule has 0 bridgehead atoms. The fourth-order valence-electron chi connectivity index (χ4n) is 10.4. The molecule has 9 aromatic carbocycles. The summed E-state index contributed by atoms with van der Waals surface area (Å²) in [4.78, 5) is 2.20. The van der Waals surface area contributed by atoms with Crippen molar-refractivity contribution in [3.63, 3.8) is 0 Å². The molecular weight excluding hydrogens is 747 g/mol. The first kappa shape index (κ1) is 31.8. The minimum absolute atomic E-state index is 0.259. The molecule has 0 radical (unpaired) electrons. The predicted octanol–water partition coefficient (Wildman–Crippen LogP) is 16.3. The largest absolute Gasteiger partial charge is 0.310 e. The lowest BCUT2D eigenvalue weighted by atomic mass is 9.67. The first-order valence-corrected chi connectivity index (χ1v) is 21.6. The number of hydrogen-bond donors (Lipinski definition) is 0. The van der Waals surface area contributed by atoms with Crippen LogP contribution in [0.15, 0.2) is 200 Å². The van der Waals surface area contributed by atoms with Gasteiger partial charge in [-0.05, 0) is 120 Å². The van der Waals surface area contributed by atoms with Crippen LogP contribution in [0.1, 0.15) is 87.2 Å². The van der Waals surface area contributed by atoms with Crippen molar-refractivity contribution in [1.29, 1.82) is 0 Å². The summed E-state index contributed by atoms with van der Waals surface area (Å²) in [5, 5.41) is 2.04. The molecule has 0 aromatic heterocycles. The van der Waals surface area contributed by atoms with Crippen molar-refractivity contribution in [2.24, 2.45) is 0 Å². The number of aryl methyl sites for hydroxylation is 1. The van der Waals surface area contributed by atoms with Crippen molar-refractivity contribution in [3.05, 3.63) is 245 Å². The van der Waals surface area contributed by atoms with E-state index in [1.165, 1.54) is 27.8 Å². The second-order valence-corrected chi connectivity index (χ2v) is 18.1. The quantitative estimate of drug-likeness (QED) is 0.162. The van der Waals surface area contributed by atoms with Gasteiger partial charge in [0.15, 0.2) is 0 Å². The number of anilines is 3. The average Bonchev–Trinajstić information content (AvgIpc) is 3.81. The maximum Gasteiger partial charge on any atom is 0.0714 e. The van der Waals surface area contributed by atoms with Crippen LogP contribution in [0, 0.1) is 6.92 Å². The Labute approximate surface area is 375 Å². The van der Waals surface area contributed by atoms with Crippen molar-refractivity contribution >= 4 is 27.8 Å². The molecule has 0 aliphatic heterocycles. The van der Waals surface area contributed by atoms with E-state index in [9.17, 15) is 8.22 Å². The van der Waals surface area contributed by atoms with Crippen molar-refractivity contribution in [1.82, 2.24) is 0 Å². The van der Waals surface area contributed by atoms with Crippen molar-refractivity contribution < 1.29 is 8.22 Å². The number of rotatable bonds is 6. The van der Waals surface area contributed by atoms with E-state index in [1.54, 1.807) is 6.07 Å². The van der Waals surface area contributed by atoms with Gasteiger partial charge in [0.05, 0.1) is 11.1 Å². The lowest BCUT2D eigenvalue weighted by Crippen LogP contribution is -2.29. The smallest absolute Gasteiger partial charge is 0.0714 e. The zero-order valence-corrected chi connectivity index (χ0v) is 35.5. The Morgan fingerprint density at radius 3 is 1.77 bits per heavy atom. The maximum absolute atomic E-state index is 9.21. The van der Waals surface area contributed by atoms with E-state index in [-0.39, 0.29) is 11.0 Å². The molecule has 0 N–H and O–H groups in total. The summed E-state index contributed by atoms with van der Waals surface area (Å²) in [6.07, 6.45) is 0. The van der Waals surface area contributed by atoms with E-state index in [4.69, 9.17) is 0 Å². The topological polar surface area (TPSA) is 3.24 Å². The van der Waals surface area contributed by atoms with Crippen LogP contribution in [0.25, 0.3) is 44.2 Å². The molecule has 1 nitrogen and oxygen atoms in total. The first-order valence-electron chi connectivity index (χ1n) is 24.6. The van der Waals surface area contributed by atoms with Gasteiger partial charge < -0.3 is 4.90 Å². The maximum atomic E-state index is 9.21. The fraction of sp³-hybridized carbons (Fsp3) is 0.148. The van der Waals surface area contributed by atoms with Gasteiger partial charge in [-0.15, -0.1) is 0 Å². The van der Waals surface area contributed by atoms with Crippen LogP contribution >= 0.6 is 0 Å². The molecule has 2 aliphatic rings. The molecule has 11 rings (SSSR count). The fourth-order valence-corrected chi connectivity index (χ4v) is 10.4. The number of hydrogen-bond acceptors (Lipinski definition) is 1. The molecule has 0 spiro atoms. The highest BCUT2D eigenvalue weighted by atomic mass is 15.1. The lowest BCUT2D eigenvalue weighted by molar-refractivity contribution is 0.589. The summed E-state index contributed by atoms with van der Waals surface area (Å²) in [5.74, 6) is 0. The summed E-state index contributed by atoms with van der Waals surface area (Å²) >= 11 is 0. The van der Waals surface area contributed by atoms with Gasteiger partial charge in [-0.1, -0.05) is 210 Å². The zero-order valence-electron chi connectivity index (χ0n) is 41.5. The summed E-state index contributed by atoms with van der Waals surface area (Å²) in [5.41, 5.74) is 12.3. The Bertz CT molecular complexity index is 3370. The molecule has 300 valence electrons. The minimum Gasteiger partial charge on any atom is -0.310 e. The van der Waals surface area contributed by atoms with E-state index in [1.807, 2.05) is 48.5 Å². The third-order valence-electron chi connectivity index (χ3n) is 13.4. The van der Waals surface area contributed by atoms with Crippen LogP contribution < -0.4 is 4.90 Å². The number of benzene rings is 9. The number of fused-ring (bicyclic) bond motifs is 7. The molecule has 0 amide bonds. The van der Waals surface area contributed by atoms with Crippen molar-refractivity contribution in [2.75, 3.05) is 4.90 Å². The summed E-state index contributed by atoms with van der Waals surface area (Å²) < 4.78 is 55.3. The molecule has 0 atom stereocenters. The zero-order chi connectivity index (χ0) is 47.4. The van der Waals surface area contributed by atoms with E-state index in [2.05, 4.69) is 178 Å². The Hall–Kier alpha value is -6.96. The van der Waals surface area contributed by atoms with Crippen molar-refractivity contribution in [2.45, 2.75) is 57.6 Å². The van der Waals surface area contributed by atoms with Gasteiger partial charge in [-0.2, -0.15) is 0 Å². The highest BCUT2D eigenvalue weighted by Crippen LogP contribution is 2.57. The van der Waals surface area contributed by atoms with E-state index in [0.29, 0.717) is 22.4 Å². The van der Waals surface area contributed by atoms with Gasteiger partial charge >= 0.3 is 0 Å². The third kappa shape index (κ3) is 5.68. The minimum atomic E-state index is -2.93. The molecule has 1 heteroatoms. The normalized spacial score (nSPS) is 16.1. The molecule has 0 fully saturated rings.